The molecule has 1 aliphatic carbocycles. The average Bonchev–Trinajstić information content (AvgIpc) is 3.19. The number of nitrogens with zero attached hydrogens (tertiary/aromatic N) is 3. The van der Waals surface area contributed by atoms with Crippen molar-refractivity contribution in [2.45, 2.75) is 45.2 Å². The summed E-state index contributed by atoms with van der Waals surface area (Å²) >= 11 is 0. The number of aromatic nitrogens is 3. The second kappa shape index (κ2) is 6.36. The van der Waals surface area contributed by atoms with Gasteiger partial charge in [0.15, 0.2) is 0 Å². The number of nitrogens with two attached hydrogens (primary N) is 1. The Morgan fingerprint density at radius 1 is 1.45 bits per heavy atom. The van der Waals surface area contributed by atoms with E-state index >= 15 is 0 Å². The molecule has 1 heterocycles. The number of carbonyl (C=O) groups is 1. The number of nitrogens with one attached hydrogen (secondary N) is 2. The summed E-state index contributed by atoms with van der Waals surface area (Å²) in [4.78, 5) is 23.7. The molecule has 2 rings (SSSR count). The molecule has 110 valence electrons. The second-order valence-electron chi connectivity index (χ2n) is 4.80. The number of rotatable bonds is 7. The molecular formula is C12H20N6O2. The van der Waals surface area contributed by atoms with Crippen molar-refractivity contribution in [3.63, 3.8) is 0 Å². The summed E-state index contributed by atoms with van der Waals surface area (Å²) in [6.45, 7) is 4.22. The van der Waals surface area contributed by atoms with Gasteiger partial charge >= 0.3 is 6.01 Å². The standard InChI is InChI=1S/C12H20N6O2/c1-3-6-20-12-17-10(13)16-11(18-12)14-7(2)9(19)15-8-4-5-8/h7-8H,3-6H2,1-2H3,(H,15,19)(H3,13,14,16,17,18). The van der Waals surface area contributed by atoms with E-state index in [-0.39, 0.29) is 23.8 Å². The van der Waals surface area contributed by atoms with Crippen LogP contribution in [0.1, 0.15) is 33.1 Å². The number of ether oxygens (including phenoxy) is 1. The van der Waals surface area contributed by atoms with E-state index in [1.54, 1.807) is 6.92 Å². The zero-order valence-corrected chi connectivity index (χ0v) is 11.7. The molecule has 8 heteroatoms. The summed E-state index contributed by atoms with van der Waals surface area (Å²) in [7, 11) is 0. The van der Waals surface area contributed by atoms with E-state index in [0.717, 1.165) is 19.3 Å². The van der Waals surface area contributed by atoms with Crippen LogP contribution < -0.4 is 21.1 Å². The fourth-order valence-corrected chi connectivity index (χ4v) is 1.51. The molecule has 0 spiro atoms. The first-order chi connectivity index (χ1) is 9.58. The van der Waals surface area contributed by atoms with Crippen LogP contribution in [-0.2, 0) is 4.79 Å². The Morgan fingerprint density at radius 2 is 2.20 bits per heavy atom. The van der Waals surface area contributed by atoms with Gasteiger partial charge in [0.2, 0.25) is 17.8 Å². The third-order valence-electron chi connectivity index (χ3n) is 2.73. The third-order valence-corrected chi connectivity index (χ3v) is 2.73. The predicted molar refractivity (Wildman–Crippen MR) is 74.3 cm³/mol. The van der Waals surface area contributed by atoms with Crippen LogP contribution >= 0.6 is 0 Å². The van der Waals surface area contributed by atoms with Crippen LogP contribution in [0, 0.1) is 0 Å². The molecule has 0 radical (unpaired) electrons. The molecule has 8 nitrogen and oxygen atoms in total. The van der Waals surface area contributed by atoms with Gasteiger partial charge in [-0.2, -0.15) is 15.0 Å². The SMILES string of the molecule is CCCOc1nc(N)nc(NC(C)C(=O)NC2CC2)n1. The number of hydrogen-bond acceptors (Lipinski definition) is 7. The van der Waals surface area contributed by atoms with Gasteiger partial charge in [-0.1, -0.05) is 6.92 Å². The van der Waals surface area contributed by atoms with Crippen molar-refractivity contribution in [1.82, 2.24) is 20.3 Å². The molecule has 0 saturated heterocycles. The highest BCUT2D eigenvalue weighted by molar-refractivity contribution is 5.84. The molecule has 1 amide bonds. The fourth-order valence-electron chi connectivity index (χ4n) is 1.51. The van der Waals surface area contributed by atoms with E-state index in [1.165, 1.54) is 0 Å². The summed E-state index contributed by atoms with van der Waals surface area (Å²) in [5, 5.41) is 5.80. The van der Waals surface area contributed by atoms with Crippen LogP contribution in [0.3, 0.4) is 0 Å². The molecule has 1 aromatic rings. The maximum Gasteiger partial charge on any atom is 0.323 e. The number of hydrogen-bond donors (Lipinski definition) is 3. The molecule has 1 saturated carbocycles. The van der Waals surface area contributed by atoms with Crippen LogP contribution in [0.25, 0.3) is 0 Å². The molecular weight excluding hydrogens is 260 g/mol. The fraction of sp³-hybridized carbons (Fsp3) is 0.667. The van der Waals surface area contributed by atoms with Gasteiger partial charge in [0.1, 0.15) is 6.04 Å². The molecule has 20 heavy (non-hydrogen) atoms. The van der Waals surface area contributed by atoms with Gasteiger partial charge in [0.25, 0.3) is 0 Å². The van der Waals surface area contributed by atoms with Crippen molar-refractivity contribution in [2.24, 2.45) is 0 Å². The maximum absolute atomic E-state index is 11.8. The lowest BCUT2D eigenvalue weighted by molar-refractivity contribution is -0.121. The Balaban J connectivity index is 1.96. The van der Waals surface area contributed by atoms with Gasteiger partial charge in [-0.3, -0.25) is 4.79 Å². The molecule has 4 N–H and O–H groups in total. The van der Waals surface area contributed by atoms with Gasteiger partial charge in [0.05, 0.1) is 6.61 Å². The average molecular weight is 280 g/mol. The molecule has 1 atom stereocenters. The summed E-state index contributed by atoms with van der Waals surface area (Å²) < 4.78 is 5.31. The number of carbonyl (C=O) groups excluding carboxylic acids is 1. The van der Waals surface area contributed by atoms with Crippen molar-refractivity contribution in [3.8, 4) is 6.01 Å². The normalized spacial score (nSPS) is 15.5. The lowest BCUT2D eigenvalue weighted by Crippen LogP contribution is -2.39. The first-order valence-electron chi connectivity index (χ1n) is 6.79. The van der Waals surface area contributed by atoms with Crippen molar-refractivity contribution in [3.05, 3.63) is 0 Å². The summed E-state index contributed by atoms with van der Waals surface area (Å²) in [6, 6.07) is 0.0340. The molecule has 1 aromatic heterocycles. The number of nitrogen functional groups attached to an aromatic ring is 1. The minimum atomic E-state index is -0.448. The first-order valence-corrected chi connectivity index (χ1v) is 6.79. The summed E-state index contributed by atoms with van der Waals surface area (Å²) in [5.74, 6) is 0.216. The van der Waals surface area contributed by atoms with Crippen molar-refractivity contribution in [2.75, 3.05) is 17.7 Å². The zero-order chi connectivity index (χ0) is 14.5. The highest BCUT2D eigenvalue weighted by atomic mass is 16.5. The first kappa shape index (κ1) is 14.3. The minimum Gasteiger partial charge on any atom is -0.463 e. The van der Waals surface area contributed by atoms with Crippen LogP contribution in [0.15, 0.2) is 0 Å². The largest absolute Gasteiger partial charge is 0.463 e. The third kappa shape index (κ3) is 4.22. The Bertz CT molecular complexity index is 477. The van der Waals surface area contributed by atoms with Gasteiger partial charge in [-0.15, -0.1) is 0 Å². The lowest BCUT2D eigenvalue weighted by atomic mass is 10.3. The van der Waals surface area contributed by atoms with Crippen LogP contribution in [0.5, 0.6) is 6.01 Å². The Morgan fingerprint density at radius 3 is 2.85 bits per heavy atom. The molecule has 0 aromatic carbocycles. The molecule has 1 fully saturated rings. The van der Waals surface area contributed by atoms with E-state index < -0.39 is 6.04 Å². The van der Waals surface area contributed by atoms with Crippen LogP contribution in [0.2, 0.25) is 0 Å². The molecule has 0 aliphatic heterocycles. The Hall–Kier alpha value is -2.12. The number of anilines is 2. The monoisotopic (exact) mass is 280 g/mol. The van der Waals surface area contributed by atoms with Crippen molar-refractivity contribution >= 4 is 17.8 Å². The smallest absolute Gasteiger partial charge is 0.323 e. The quantitative estimate of drug-likeness (QED) is 0.658. The molecule has 1 aliphatic rings. The summed E-state index contributed by atoms with van der Waals surface area (Å²) in [5.41, 5.74) is 5.59. The molecule has 1 unspecified atom stereocenters. The Labute approximate surface area is 117 Å². The van der Waals surface area contributed by atoms with E-state index in [1.807, 2.05) is 6.92 Å². The van der Waals surface area contributed by atoms with Gasteiger partial charge in [0, 0.05) is 6.04 Å². The van der Waals surface area contributed by atoms with Crippen molar-refractivity contribution < 1.29 is 9.53 Å². The topological polar surface area (TPSA) is 115 Å². The van der Waals surface area contributed by atoms with Crippen LogP contribution in [-0.4, -0.2) is 39.5 Å². The van der Waals surface area contributed by atoms with Gasteiger partial charge in [-0.25, -0.2) is 0 Å². The van der Waals surface area contributed by atoms with Crippen molar-refractivity contribution in [1.29, 1.82) is 0 Å². The van der Waals surface area contributed by atoms with Crippen LogP contribution in [0.4, 0.5) is 11.9 Å². The highest BCUT2D eigenvalue weighted by Crippen LogP contribution is 2.19. The summed E-state index contributed by atoms with van der Waals surface area (Å²) in [6.07, 6.45) is 2.94. The van der Waals surface area contributed by atoms with E-state index in [0.29, 0.717) is 12.6 Å². The van der Waals surface area contributed by atoms with E-state index in [9.17, 15) is 4.79 Å². The highest BCUT2D eigenvalue weighted by Gasteiger charge is 2.25. The second-order valence-corrected chi connectivity index (χ2v) is 4.80. The van der Waals surface area contributed by atoms with E-state index in [2.05, 4.69) is 25.6 Å². The Kier molecular flexibility index (Phi) is 4.54. The zero-order valence-electron chi connectivity index (χ0n) is 11.7. The van der Waals surface area contributed by atoms with Gasteiger partial charge in [-0.05, 0) is 26.2 Å². The number of amides is 1. The van der Waals surface area contributed by atoms with E-state index in [4.69, 9.17) is 10.5 Å². The molecule has 0 bridgehead atoms. The maximum atomic E-state index is 11.8. The predicted octanol–water partition coefficient (Wildman–Crippen LogP) is 0.322. The minimum absolute atomic E-state index is 0.0587. The van der Waals surface area contributed by atoms with Gasteiger partial charge < -0.3 is 21.1 Å². The lowest BCUT2D eigenvalue weighted by Gasteiger charge is -2.14.